The van der Waals surface area contributed by atoms with Crippen LogP contribution in [-0.4, -0.2) is 46.3 Å². The molecule has 2 aromatic rings. The van der Waals surface area contributed by atoms with Gasteiger partial charge in [-0.05, 0) is 0 Å². The van der Waals surface area contributed by atoms with Gasteiger partial charge in [0.1, 0.15) is 0 Å². The lowest BCUT2D eigenvalue weighted by molar-refractivity contribution is -0.124. The lowest BCUT2D eigenvalue weighted by atomic mass is 10.2. The Morgan fingerprint density at radius 1 is 1.24 bits per heavy atom. The van der Waals surface area contributed by atoms with Crippen LogP contribution in [0, 0.1) is 0 Å². The SMILES string of the molecule is CNC(=O)CNC(=O)CSc1n[nH]c(-c2ccccc2)n1. The zero-order valence-electron chi connectivity index (χ0n) is 11.4. The summed E-state index contributed by atoms with van der Waals surface area (Å²) in [7, 11) is 1.52. The van der Waals surface area contributed by atoms with E-state index in [1.165, 1.54) is 18.8 Å². The summed E-state index contributed by atoms with van der Waals surface area (Å²) in [5.74, 6) is 0.333. The van der Waals surface area contributed by atoms with Crippen LogP contribution in [0.25, 0.3) is 11.4 Å². The van der Waals surface area contributed by atoms with E-state index in [0.29, 0.717) is 11.0 Å². The maximum absolute atomic E-state index is 11.5. The first kappa shape index (κ1) is 15.0. The van der Waals surface area contributed by atoms with Gasteiger partial charge in [0.25, 0.3) is 0 Å². The summed E-state index contributed by atoms with van der Waals surface area (Å²) >= 11 is 1.21. The van der Waals surface area contributed by atoms with Crippen molar-refractivity contribution in [1.82, 2.24) is 25.8 Å². The van der Waals surface area contributed by atoms with Crippen LogP contribution in [0.15, 0.2) is 35.5 Å². The minimum atomic E-state index is -0.241. The van der Waals surface area contributed by atoms with Crippen molar-refractivity contribution < 1.29 is 9.59 Å². The monoisotopic (exact) mass is 305 g/mol. The Balaban J connectivity index is 1.83. The topological polar surface area (TPSA) is 99.8 Å². The minimum Gasteiger partial charge on any atom is -0.358 e. The number of nitrogens with zero attached hydrogens (tertiary/aromatic N) is 2. The normalized spacial score (nSPS) is 10.1. The molecule has 0 spiro atoms. The fraction of sp³-hybridized carbons (Fsp3) is 0.231. The van der Waals surface area contributed by atoms with Gasteiger partial charge in [-0.1, -0.05) is 42.1 Å². The molecule has 1 heterocycles. The molecule has 0 fully saturated rings. The molecule has 0 unspecified atom stereocenters. The molecule has 1 aromatic heterocycles. The predicted molar refractivity (Wildman–Crippen MR) is 79.6 cm³/mol. The molecule has 0 aliphatic heterocycles. The van der Waals surface area contributed by atoms with Crippen LogP contribution in [-0.2, 0) is 9.59 Å². The number of nitrogens with one attached hydrogen (secondary N) is 3. The van der Waals surface area contributed by atoms with Gasteiger partial charge in [0.2, 0.25) is 17.0 Å². The average Bonchev–Trinajstić information content (AvgIpc) is 3.00. The molecule has 7 nitrogen and oxygen atoms in total. The third-order valence-electron chi connectivity index (χ3n) is 2.57. The Bertz CT molecular complexity index is 614. The summed E-state index contributed by atoms with van der Waals surface area (Å²) in [6.07, 6.45) is 0. The molecule has 0 bridgehead atoms. The number of carbonyl (C=O) groups excluding carboxylic acids is 2. The fourth-order valence-corrected chi connectivity index (χ4v) is 2.11. The summed E-state index contributed by atoms with van der Waals surface area (Å²) in [5.41, 5.74) is 0.931. The van der Waals surface area contributed by atoms with Gasteiger partial charge < -0.3 is 10.6 Å². The van der Waals surface area contributed by atoms with E-state index in [1.807, 2.05) is 30.3 Å². The van der Waals surface area contributed by atoms with Crippen molar-refractivity contribution in [1.29, 1.82) is 0 Å². The molecule has 110 valence electrons. The van der Waals surface area contributed by atoms with E-state index in [1.54, 1.807) is 0 Å². The highest BCUT2D eigenvalue weighted by atomic mass is 32.2. The second-order valence-electron chi connectivity index (χ2n) is 4.07. The first-order chi connectivity index (χ1) is 10.2. The van der Waals surface area contributed by atoms with Crippen LogP contribution < -0.4 is 10.6 Å². The molecule has 3 N–H and O–H groups in total. The number of H-pyrrole nitrogens is 1. The molecule has 0 atom stereocenters. The van der Waals surface area contributed by atoms with Crippen LogP contribution >= 0.6 is 11.8 Å². The van der Waals surface area contributed by atoms with E-state index < -0.39 is 0 Å². The van der Waals surface area contributed by atoms with Crippen LogP contribution in [0.3, 0.4) is 0 Å². The second-order valence-corrected chi connectivity index (χ2v) is 5.01. The Morgan fingerprint density at radius 2 is 2.00 bits per heavy atom. The highest BCUT2D eigenvalue weighted by Gasteiger charge is 2.09. The number of carbonyl (C=O) groups is 2. The Kier molecular flexibility index (Phi) is 5.33. The largest absolute Gasteiger partial charge is 0.358 e. The smallest absolute Gasteiger partial charge is 0.239 e. The van der Waals surface area contributed by atoms with Crippen molar-refractivity contribution in [2.45, 2.75) is 5.16 Å². The standard InChI is InChI=1S/C13H15N5O2S/c1-14-10(19)7-15-11(20)8-21-13-16-12(17-18-13)9-5-3-2-4-6-9/h2-6H,7-8H2,1H3,(H,14,19)(H,15,20)(H,16,17,18). The molecule has 0 aliphatic carbocycles. The van der Waals surface area contributed by atoms with Crippen molar-refractivity contribution in [2.75, 3.05) is 19.3 Å². The van der Waals surface area contributed by atoms with Gasteiger partial charge >= 0.3 is 0 Å². The van der Waals surface area contributed by atoms with Gasteiger partial charge in [-0.25, -0.2) is 4.98 Å². The molecule has 0 saturated carbocycles. The van der Waals surface area contributed by atoms with Gasteiger partial charge in [-0.3, -0.25) is 14.7 Å². The van der Waals surface area contributed by atoms with Crippen molar-refractivity contribution in [3.8, 4) is 11.4 Å². The number of likely N-dealkylation sites (N-methyl/N-ethyl adjacent to an activating group) is 1. The Labute approximate surface area is 125 Å². The van der Waals surface area contributed by atoms with Crippen molar-refractivity contribution in [3.05, 3.63) is 30.3 Å². The summed E-state index contributed by atoms with van der Waals surface area (Å²) in [6.45, 7) is -0.0286. The zero-order chi connectivity index (χ0) is 15.1. The van der Waals surface area contributed by atoms with E-state index in [-0.39, 0.29) is 24.1 Å². The first-order valence-electron chi connectivity index (χ1n) is 6.27. The lowest BCUT2D eigenvalue weighted by Gasteiger charge is -2.02. The Hall–Kier alpha value is -2.35. The maximum Gasteiger partial charge on any atom is 0.239 e. The molecule has 0 radical (unpaired) electrons. The van der Waals surface area contributed by atoms with E-state index in [0.717, 1.165) is 5.56 Å². The molecule has 2 amide bonds. The van der Waals surface area contributed by atoms with Crippen LogP contribution in [0.1, 0.15) is 0 Å². The molecular weight excluding hydrogens is 290 g/mol. The van der Waals surface area contributed by atoms with E-state index in [2.05, 4.69) is 25.8 Å². The molecular formula is C13H15N5O2S. The maximum atomic E-state index is 11.5. The predicted octanol–water partition coefficient (Wildman–Crippen LogP) is 0.426. The third-order valence-corrected chi connectivity index (χ3v) is 3.42. The number of hydrogen-bond acceptors (Lipinski definition) is 5. The average molecular weight is 305 g/mol. The van der Waals surface area contributed by atoms with E-state index in [4.69, 9.17) is 0 Å². The van der Waals surface area contributed by atoms with Crippen molar-refractivity contribution in [2.24, 2.45) is 0 Å². The van der Waals surface area contributed by atoms with Crippen molar-refractivity contribution >= 4 is 23.6 Å². The third kappa shape index (κ3) is 4.60. The highest BCUT2D eigenvalue weighted by Crippen LogP contribution is 2.18. The number of thioether (sulfide) groups is 1. The number of amides is 2. The van der Waals surface area contributed by atoms with Crippen molar-refractivity contribution in [3.63, 3.8) is 0 Å². The van der Waals surface area contributed by atoms with Gasteiger partial charge in [0, 0.05) is 12.6 Å². The number of rotatable bonds is 6. The molecule has 0 aliphatic rings. The summed E-state index contributed by atoms with van der Waals surface area (Å²) in [4.78, 5) is 26.8. The zero-order valence-corrected chi connectivity index (χ0v) is 12.2. The van der Waals surface area contributed by atoms with E-state index >= 15 is 0 Å². The molecule has 0 saturated heterocycles. The summed E-state index contributed by atoms with van der Waals surface area (Å²) in [5, 5.41) is 12.3. The molecule has 8 heteroatoms. The fourth-order valence-electron chi connectivity index (χ4n) is 1.48. The van der Waals surface area contributed by atoms with Gasteiger partial charge in [-0.15, -0.1) is 5.10 Å². The van der Waals surface area contributed by atoms with Gasteiger partial charge in [0.15, 0.2) is 5.82 Å². The number of hydrogen-bond donors (Lipinski definition) is 3. The molecule has 21 heavy (non-hydrogen) atoms. The second kappa shape index (κ2) is 7.44. The lowest BCUT2D eigenvalue weighted by Crippen LogP contribution is -2.36. The highest BCUT2D eigenvalue weighted by molar-refractivity contribution is 7.99. The van der Waals surface area contributed by atoms with Crippen LogP contribution in [0.4, 0.5) is 0 Å². The van der Waals surface area contributed by atoms with Gasteiger partial charge in [-0.2, -0.15) is 0 Å². The summed E-state index contributed by atoms with van der Waals surface area (Å²) in [6, 6.07) is 9.59. The molecule has 1 aromatic carbocycles. The van der Waals surface area contributed by atoms with Crippen LogP contribution in [0.2, 0.25) is 0 Å². The quantitative estimate of drug-likeness (QED) is 0.672. The number of benzene rings is 1. The number of aromatic nitrogens is 3. The van der Waals surface area contributed by atoms with Gasteiger partial charge in [0.05, 0.1) is 12.3 Å². The van der Waals surface area contributed by atoms with E-state index in [9.17, 15) is 9.59 Å². The van der Waals surface area contributed by atoms with Crippen LogP contribution in [0.5, 0.6) is 0 Å². The first-order valence-corrected chi connectivity index (χ1v) is 7.25. The number of aromatic amines is 1. The Morgan fingerprint density at radius 3 is 2.71 bits per heavy atom. The molecule has 2 rings (SSSR count). The minimum absolute atomic E-state index is 0.0286. The summed E-state index contributed by atoms with van der Waals surface area (Å²) < 4.78 is 0.